The largest absolute Gasteiger partial charge is 0.481 e. The Morgan fingerprint density at radius 3 is 2.48 bits per heavy atom. The highest BCUT2D eigenvalue weighted by Crippen LogP contribution is 2.14. The first-order chi connectivity index (χ1) is 9.92. The van der Waals surface area contributed by atoms with Crippen molar-refractivity contribution in [2.24, 2.45) is 0 Å². The maximum Gasteiger partial charge on any atom is 0.313 e. The summed E-state index contributed by atoms with van der Waals surface area (Å²) in [6, 6.07) is 6.01. The zero-order valence-corrected chi connectivity index (χ0v) is 13.8. The summed E-state index contributed by atoms with van der Waals surface area (Å²) in [5.74, 6) is 0.0788. The second kappa shape index (κ2) is 9.30. The molecule has 0 aliphatic carbocycles. The van der Waals surface area contributed by atoms with Crippen LogP contribution in [-0.4, -0.2) is 37.5 Å². The predicted octanol–water partition coefficient (Wildman–Crippen LogP) is 2.61. The molecule has 1 aromatic carbocycles. The molecule has 0 spiro atoms. The normalized spacial score (nSPS) is 11.5. The Morgan fingerprint density at radius 1 is 1.19 bits per heavy atom. The summed E-state index contributed by atoms with van der Waals surface area (Å²) >= 11 is 7.09. The van der Waals surface area contributed by atoms with Crippen molar-refractivity contribution in [3.63, 3.8) is 0 Å². The van der Waals surface area contributed by atoms with Crippen molar-refractivity contribution in [2.45, 2.75) is 24.2 Å². The third kappa shape index (κ3) is 7.71. The van der Waals surface area contributed by atoms with Gasteiger partial charge in [-0.05, 0) is 42.9 Å². The van der Waals surface area contributed by atoms with E-state index in [1.165, 1.54) is 36.0 Å². The smallest absolute Gasteiger partial charge is 0.313 e. The van der Waals surface area contributed by atoms with Crippen LogP contribution in [0.4, 0.5) is 0 Å². The maximum absolute atomic E-state index is 11.9. The lowest BCUT2D eigenvalue weighted by Gasteiger charge is -2.06. The van der Waals surface area contributed by atoms with Crippen molar-refractivity contribution in [3.8, 4) is 0 Å². The van der Waals surface area contributed by atoms with Crippen LogP contribution >= 0.6 is 23.4 Å². The van der Waals surface area contributed by atoms with Gasteiger partial charge in [0.05, 0.1) is 10.6 Å². The summed E-state index contributed by atoms with van der Waals surface area (Å²) in [6.07, 6.45) is 2.46. The number of thioether (sulfide) groups is 1. The number of nitrogens with one attached hydrogen (secondary N) is 1. The topological polar surface area (TPSA) is 83.5 Å². The molecule has 1 aromatic rings. The number of rotatable bonds is 10. The minimum absolute atomic E-state index is 0.114. The number of hydrogen-bond donors (Lipinski definition) is 2. The maximum atomic E-state index is 11.9. The van der Waals surface area contributed by atoms with Gasteiger partial charge in [0, 0.05) is 11.6 Å². The van der Waals surface area contributed by atoms with Gasteiger partial charge in [-0.25, -0.2) is 13.1 Å². The van der Waals surface area contributed by atoms with Gasteiger partial charge in [0.1, 0.15) is 0 Å². The van der Waals surface area contributed by atoms with E-state index in [2.05, 4.69) is 4.72 Å². The van der Waals surface area contributed by atoms with Gasteiger partial charge in [0.2, 0.25) is 10.0 Å². The number of aliphatic carboxylic acids is 1. The molecule has 0 heterocycles. The molecule has 0 radical (unpaired) electrons. The van der Waals surface area contributed by atoms with E-state index in [9.17, 15) is 13.2 Å². The molecular weight excluding hydrogens is 334 g/mol. The molecule has 0 aromatic heterocycles. The number of hydrogen-bond acceptors (Lipinski definition) is 4. The molecule has 8 heteroatoms. The molecule has 21 heavy (non-hydrogen) atoms. The van der Waals surface area contributed by atoms with Crippen molar-refractivity contribution in [1.82, 2.24) is 4.72 Å². The van der Waals surface area contributed by atoms with Gasteiger partial charge in [-0.1, -0.05) is 18.0 Å². The number of unbranched alkanes of at least 4 members (excludes halogenated alkanes) is 2. The molecule has 0 atom stereocenters. The highest BCUT2D eigenvalue weighted by Gasteiger charge is 2.12. The number of carbonyl (C=O) groups is 1. The fourth-order valence-electron chi connectivity index (χ4n) is 1.57. The van der Waals surface area contributed by atoms with Crippen LogP contribution in [0.1, 0.15) is 19.3 Å². The second-order valence-electron chi connectivity index (χ2n) is 4.36. The van der Waals surface area contributed by atoms with Crippen molar-refractivity contribution >= 4 is 39.4 Å². The zero-order valence-electron chi connectivity index (χ0n) is 11.4. The molecular formula is C13H18ClNO4S2. The van der Waals surface area contributed by atoms with Crippen LogP contribution in [0.25, 0.3) is 0 Å². The minimum atomic E-state index is -3.48. The summed E-state index contributed by atoms with van der Waals surface area (Å²) in [5.41, 5.74) is 0. The monoisotopic (exact) mass is 351 g/mol. The molecule has 0 aliphatic rings. The lowest BCUT2D eigenvalue weighted by molar-refractivity contribution is -0.133. The van der Waals surface area contributed by atoms with Gasteiger partial charge in [-0.15, -0.1) is 0 Å². The Bertz CT molecular complexity index is 546. The van der Waals surface area contributed by atoms with E-state index in [4.69, 9.17) is 16.7 Å². The molecule has 118 valence electrons. The summed E-state index contributed by atoms with van der Waals surface area (Å²) in [7, 11) is -3.48. The van der Waals surface area contributed by atoms with Crippen molar-refractivity contribution in [3.05, 3.63) is 29.3 Å². The number of benzene rings is 1. The predicted molar refractivity (Wildman–Crippen MR) is 85.5 cm³/mol. The van der Waals surface area contributed by atoms with E-state index in [0.29, 0.717) is 11.6 Å². The Morgan fingerprint density at radius 2 is 1.86 bits per heavy atom. The van der Waals surface area contributed by atoms with E-state index in [1.807, 2.05) is 0 Å². The molecule has 0 fully saturated rings. The third-order valence-electron chi connectivity index (χ3n) is 2.61. The lowest BCUT2D eigenvalue weighted by Crippen LogP contribution is -2.24. The van der Waals surface area contributed by atoms with E-state index < -0.39 is 16.0 Å². The average Bonchev–Trinajstić information content (AvgIpc) is 2.42. The first-order valence-corrected chi connectivity index (χ1v) is 9.48. The Labute approximate surface area is 134 Å². The Balaban J connectivity index is 2.20. The summed E-state index contributed by atoms with van der Waals surface area (Å²) in [5, 5.41) is 8.96. The van der Waals surface area contributed by atoms with Gasteiger partial charge in [0.15, 0.2) is 0 Å². The van der Waals surface area contributed by atoms with Crippen LogP contribution in [0.2, 0.25) is 5.02 Å². The molecule has 0 bridgehead atoms. The zero-order chi connectivity index (χ0) is 15.7. The lowest BCUT2D eigenvalue weighted by atomic mass is 10.2. The number of carboxylic acid groups (broad SMARTS) is 1. The molecule has 5 nitrogen and oxygen atoms in total. The Kier molecular flexibility index (Phi) is 8.10. The van der Waals surface area contributed by atoms with Gasteiger partial charge in [-0.3, -0.25) is 4.79 Å². The second-order valence-corrected chi connectivity index (χ2v) is 7.67. The van der Waals surface area contributed by atoms with Gasteiger partial charge in [-0.2, -0.15) is 11.8 Å². The quantitative estimate of drug-likeness (QED) is 0.633. The van der Waals surface area contributed by atoms with E-state index in [1.54, 1.807) is 0 Å². The molecule has 0 saturated heterocycles. The summed E-state index contributed by atoms with van der Waals surface area (Å²) in [4.78, 5) is 10.5. The van der Waals surface area contributed by atoms with Gasteiger partial charge < -0.3 is 5.11 Å². The van der Waals surface area contributed by atoms with Crippen LogP contribution < -0.4 is 4.72 Å². The SMILES string of the molecule is O=C(O)CSCCCCCNS(=O)(=O)c1ccc(Cl)cc1. The average molecular weight is 352 g/mol. The fraction of sp³-hybridized carbons (Fsp3) is 0.462. The fourth-order valence-corrected chi connectivity index (χ4v) is 3.50. The molecule has 0 amide bonds. The van der Waals surface area contributed by atoms with E-state index >= 15 is 0 Å². The van der Waals surface area contributed by atoms with Crippen LogP contribution in [0, 0.1) is 0 Å². The van der Waals surface area contributed by atoms with Crippen molar-refractivity contribution in [1.29, 1.82) is 0 Å². The van der Waals surface area contributed by atoms with Crippen LogP contribution in [-0.2, 0) is 14.8 Å². The third-order valence-corrected chi connectivity index (χ3v) is 5.36. The van der Waals surface area contributed by atoms with Gasteiger partial charge in [0.25, 0.3) is 0 Å². The van der Waals surface area contributed by atoms with Crippen LogP contribution in [0.3, 0.4) is 0 Å². The standard InChI is InChI=1S/C13H18ClNO4S2/c14-11-4-6-12(7-5-11)21(18,19)15-8-2-1-3-9-20-10-13(16)17/h4-7,15H,1-3,8-10H2,(H,16,17). The molecule has 0 aliphatic heterocycles. The van der Waals surface area contributed by atoms with E-state index in [-0.39, 0.29) is 10.6 Å². The highest BCUT2D eigenvalue weighted by molar-refractivity contribution is 7.99. The summed E-state index contributed by atoms with van der Waals surface area (Å²) < 4.78 is 26.4. The number of sulfonamides is 1. The first kappa shape index (κ1) is 18.3. The molecule has 0 saturated carbocycles. The highest BCUT2D eigenvalue weighted by atomic mass is 35.5. The molecule has 0 unspecified atom stereocenters. The minimum Gasteiger partial charge on any atom is -0.481 e. The summed E-state index contributed by atoms with van der Waals surface area (Å²) in [6.45, 7) is 0.370. The van der Waals surface area contributed by atoms with Gasteiger partial charge >= 0.3 is 5.97 Å². The first-order valence-electron chi connectivity index (χ1n) is 6.46. The van der Waals surface area contributed by atoms with Crippen molar-refractivity contribution < 1.29 is 18.3 Å². The number of carboxylic acids is 1. The van der Waals surface area contributed by atoms with Crippen LogP contribution in [0.15, 0.2) is 29.2 Å². The molecule has 1 rings (SSSR count). The van der Waals surface area contributed by atoms with Crippen molar-refractivity contribution in [2.75, 3.05) is 18.1 Å². The Hall–Kier alpha value is -0.760. The van der Waals surface area contributed by atoms with E-state index in [0.717, 1.165) is 25.0 Å². The molecule has 2 N–H and O–H groups in total. The number of halogens is 1. The van der Waals surface area contributed by atoms with Crippen LogP contribution in [0.5, 0.6) is 0 Å².